The summed E-state index contributed by atoms with van der Waals surface area (Å²) in [5.41, 5.74) is 12.4. The molecule has 11 heteroatoms. The number of nitrogens with one attached hydrogen (secondary N) is 2. The standard InChI is InChI=1S/C28H39N5O6/c1-28(2,30)26(35)33-23(20-37-19-21-11-5-3-6-12-21)24(29)31-16-18-39-27(36)32-15-9-10-17-38-25(34)22-13-7-4-8-14-22/h3-8,11-14,23H,9-10,15-20,30H2,1-2H3,(H2,29,31)(H,32,36)(H,33,35)/t23-/m1/s1. The topological polar surface area (TPSA) is 167 Å². The van der Waals surface area contributed by atoms with Crippen LogP contribution < -0.4 is 22.1 Å². The minimum absolute atomic E-state index is 0.00482. The van der Waals surface area contributed by atoms with Crippen molar-refractivity contribution in [2.24, 2.45) is 16.5 Å². The van der Waals surface area contributed by atoms with Crippen molar-refractivity contribution in [2.75, 3.05) is 32.9 Å². The molecule has 39 heavy (non-hydrogen) atoms. The molecule has 0 aliphatic heterocycles. The highest BCUT2D eigenvalue weighted by Gasteiger charge is 2.26. The normalized spacial score (nSPS) is 12.3. The third-order valence-corrected chi connectivity index (χ3v) is 5.35. The van der Waals surface area contributed by atoms with Crippen molar-refractivity contribution >= 4 is 23.8 Å². The van der Waals surface area contributed by atoms with E-state index >= 15 is 0 Å². The lowest BCUT2D eigenvalue weighted by atomic mass is 10.1. The first kappa shape index (κ1) is 31.3. The maximum atomic E-state index is 12.4. The molecular formula is C28H39N5O6. The second-order valence-electron chi connectivity index (χ2n) is 9.33. The van der Waals surface area contributed by atoms with Gasteiger partial charge in [0.15, 0.2) is 0 Å². The Balaban J connectivity index is 1.67. The fraction of sp³-hybridized carbons (Fsp3) is 0.429. The lowest BCUT2D eigenvalue weighted by molar-refractivity contribution is -0.125. The first-order valence-corrected chi connectivity index (χ1v) is 12.8. The van der Waals surface area contributed by atoms with Gasteiger partial charge in [0, 0.05) is 6.54 Å². The molecule has 0 saturated carbocycles. The molecule has 0 unspecified atom stereocenters. The van der Waals surface area contributed by atoms with Crippen LogP contribution in [0.4, 0.5) is 4.79 Å². The fourth-order valence-corrected chi connectivity index (χ4v) is 3.13. The first-order valence-electron chi connectivity index (χ1n) is 12.8. The molecule has 0 radical (unpaired) electrons. The summed E-state index contributed by atoms with van der Waals surface area (Å²) in [5, 5.41) is 5.38. The Hall–Kier alpha value is -3.96. The third kappa shape index (κ3) is 12.9. The molecule has 2 aromatic rings. The van der Waals surface area contributed by atoms with Crippen molar-refractivity contribution < 1.29 is 28.6 Å². The molecule has 6 N–H and O–H groups in total. The minimum atomic E-state index is -1.11. The second kappa shape index (κ2) is 16.8. The van der Waals surface area contributed by atoms with Gasteiger partial charge in [0.05, 0.1) is 37.5 Å². The van der Waals surface area contributed by atoms with Crippen molar-refractivity contribution in [3.8, 4) is 0 Å². The summed E-state index contributed by atoms with van der Waals surface area (Å²) in [6.45, 7) is 4.32. The maximum absolute atomic E-state index is 12.4. The fourth-order valence-electron chi connectivity index (χ4n) is 3.13. The van der Waals surface area contributed by atoms with Crippen LogP contribution in [0, 0.1) is 0 Å². The molecule has 0 aromatic heterocycles. The van der Waals surface area contributed by atoms with E-state index in [9.17, 15) is 14.4 Å². The van der Waals surface area contributed by atoms with Crippen LogP contribution in [0.2, 0.25) is 0 Å². The highest BCUT2D eigenvalue weighted by molar-refractivity contribution is 5.93. The van der Waals surface area contributed by atoms with Gasteiger partial charge in [-0.3, -0.25) is 9.79 Å². The van der Waals surface area contributed by atoms with Crippen LogP contribution in [0.25, 0.3) is 0 Å². The van der Waals surface area contributed by atoms with Crippen LogP contribution in [0.1, 0.15) is 42.6 Å². The molecule has 2 amide bonds. The van der Waals surface area contributed by atoms with Crippen molar-refractivity contribution in [1.29, 1.82) is 0 Å². The Morgan fingerprint density at radius 1 is 0.949 bits per heavy atom. The molecule has 0 saturated heterocycles. The van der Waals surface area contributed by atoms with Crippen LogP contribution in [0.15, 0.2) is 65.7 Å². The highest BCUT2D eigenvalue weighted by Crippen LogP contribution is 2.04. The van der Waals surface area contributed by atoms with Crippen LogP contribution in [-0.4, -0.2) is 68.3 Å². The number of amidine groups is 1. The van der Waals surface area contributed by atoms with Gasteiger partial charge in [-0.25, -0.2) is 9.59 Å². The van der Waals surface area contributed by atoms with Gasteiger partial charge in [-0.05, 0) is 44.4 Å². The highest BCUT2D eigenvalue weighted by atomic mass is 16.5. The Morgan fingerprint density at radius 3 is 2.28 bits per heavy atom. The van der Waals surface area contributed by atoms with Crippen LogP contribution in [-0.2, 0) is 25.6 Å². The molecule has 0 heterocycles. The average Bonchev–Trinajstić information content (AvgIpc) is 2.92. The Morgan fingerprint density at radius 2 is 1.62 bits per heavy atom. The molecule has 0 spiro atoms. The van der Waals surface area contributed by atoms with Crippen LogP contribution >= 0.6 is 0 Å². The van der Waals surface area contributed by atoms with Gasteiger partial charge in [0.2, 0.25) is 5.91 Å². The number of benzene rings is 2. The summed E-state index contributed by atoms with van der Waals surface area (Å²) in [6, 6.07) is 17.6. The van der Waals surface area contributed by atoms with Gasteiger partial charge in [-0.1, -0.05) is 48.5 Å². The van der Waals surface area contributed by atoms with E-state index in [-0.39, 0.29) is 38.2 Å². The molecule has 0 aliphatic carbocycles. The van der Waals surface area contributed by atoms with Gasteiger partial charge in [-0.15, -0.1) is 0 Å². The summed E-state index contributed by atoms with van der Waals surface area (Å²) >= 11 is 0. The van der Waals surface area contributed by atoms with Gasteiger partial charge in [0.1, 0.15) is 18.5 Å². The largest absolute Gasteiger partial charge is 0.462 e. The SMILES string of the molecule is CC(C)(N)C(=O)N[C@H](COCc1ccccc1)C(N)=NCCOC(=O)NCCCCOC(=O)c1ccccc1. The van der Waals surface area contributed by atoms with Crippen molar-refractivity contribution in [1.82, 2.24) is 10.6 Å². The summed E-state index contributed by atoms with van der Waals surface area (Å²) < 4.78 is 16.0. The number of rotatable bonds is 16. The number of hydrogen-bond acceptors (Lipinski definition) is 8. The zero-order valence-electron chi connectivity index (χ0n) is 22.6. The molecular weight excluding hydrogens is 502 g/mol. The number of nitrogens with two attached hydrogens (primary N) is 2. The predicted molar refractivity (Wildman–Crippen MR) is 148 cm³/mol. The number of aliphatic imine (C=N–C) groups is 1. The molecule has 2 aromatic carbocycles. The minimum Gasteiger partial charge on any atom is -0.462 e. The van der Waals surface area contributed by atoms with E-state index in [0.717, 1.165) is 5.56 Å². The molecule has 0 fully saturated rings. The van der Waals surface area contributed by atoms with E-state index in [0.29, 0.717) is 31.6 Å². The van der Waals surface area contributed by atoms with Crippen LogP contribution in [0.5, 0.6) is 0 Å². The van der Waals surface area contributed by atoms with Crippen molar-refractivity contribution in [3.63, 3.8) is 0 Å². The number of nitrogens with zero attached hydrogens (tertiary/aromatic N) is 1. The number of ether oxygens (including phenoxy) is 3. The Kier molecular flexibility index (Phi) is 13.5. The Bertz CT molecular complexity index is 1060. The quantitative estimate of drug-likeness (QED) is 0.108. The summed E-state index contributed by atoms with van der Waals surface area (Å²) in [6.07, 6.45) is 0.619. The number of amides is 2. The zero-order chi connectivity index (χ0) is 28.5. The van der Waals surface area contributed by atoms with E-state index in [1.54, 1.807) is 38.1 Å². The molecule has 1 atom stereocenters. The zero-order valence-corrected chi connectivity index (χ0v) is 22.6. The molecule has 11 nitrogen and oxygen atoms in total. The number of hydrogen-bond donors (Lipinski definition) is 4. The molecule has 2 rings (SSSR count). The summed E-state index contributed by atoms with van der Waals surface area (Å²) in [4.78, 5) is 40.4. The lowest BCUT2D eigenvalue weighted by Gasteiger charge is -2.24. The van der Waals surface area contributed by atoms with Gasteiger partial charge in [0.25, 0.3) is 0 Å². The number of carbonyl (C=O) groups is 3. The van der Waals surface area contributed by atoms with E-state index in [1.165, 1.54) is 0 Å². The Labute approximate surface area is 229 Å². The van der Waals surface area contributed by atoms with E-state index < -0.39 is 23.6 Å². The lowest BCUT2D eigenvalue weighted by Crippen LogP contribution is -2.56. The molecule has 0 aliphatic rings. The number of alkyl carbamates (subject to hydrolysis) is 1. The number of esters is 1. The summed E-state index contributed by atoms with van der Waals surface area (Å²) in [5.74, 6) is -0.645. The average molecular weight is 542 g/mol. The van der Waals surface area contributed by atoms with Crippen molar-refractivity contribution in [2.45, 2.75) is 44.9 Å². The maximum Gasteiger partial charge on any atom is 0.407 e. The smallest absolute Gasteiger partial charge is 0.407 e. The molecule has 0 bridgehead atoms. The first-order chi connectivity index (χ1) is 18.7. The number of unbranched alkanes of at least 4 members (excludes halogenated alkanes) is 1. The van der Waals surface area contributed by atoms with E-state index in [1.807, 2.05) is 36.4 Å². The van der Waals surface area contributed by atoms with Crippen molar-refractivity contribution in [3.05, 3.63) is 71.8 Å². The van der Waals surface area contributed by atoms with Gasteiger partial charge < -0.3 is 36.3 Å². The third-order valence-electron chi connectivity index (χ3n) is 5.35. The predicted octanol–water partition coefficient (Wildman–Crippen LogP) is 2.15. The van der Waals surface area contributed by atoms with Gasteiger partial charge >= 0.3 is 12.1 Å². The van der Waals surface area contributed by atoms with E-state index in [2.05, 4.69) is 15.6 Å². The monoisotopic (exact) mass is 541 g/mol. The number of carbonyl (C=O) groups excluding carboxylic acids is 3. The van der Waals surface area contributed by atoms with Gasteiger partial charge in [-0.2, -0.15) is 0 Å². The van der Waals surface area contributed by atoms with E-state index in [4.69, 9.17) is 25.7 Å². The second-order valence-corrected chi connectivity index (χ2v) is 9.33. The van der Waals surface area contributed by atoms with Crippen LogP contribution in [0.3, 0.4) is 0 Å². The summed E-state index contributed by atoms with van der Waals surface area (Å²) in [7, 11) is 0. The molecule has 212 valence electrons.